The van der Waals surface area contributed by atoms with E-state index in [-0.39, 0.29) is 17.6 Å². The molecule has 0 aliphatic rings. The molecule has 0 saturated carbocycles. The lowest BCUT2D eigenvalue weighted by Crippen LogP contribution is -2.03. The van der Waals surface area contributed by atoms with Crippen LogP contribution < -0.4 is 4.74 Å². The highest BCUT2D eigenvalue weighted by atomic mass is 32.1. The number of fused-ring (bicyclic) bond motifs is 1. The van der Waals surface area contributed by atoms with Crippen molar-refractivity contribution < 1.29 is 9.13 Å². The first-order valence-corrected chi connectivity index (χ1v) is 5.97. The number of H-pyrrole nitrogens is 1. The Morgan fingerprint density at radius 3 is 2.82 bits per heavy atom. The summed E-state index contributed by atoms with van der Waals surface area (Å²) in [6.07, 6.45) is 0.959. The van der Waals surface area contributed by atoms with Gasteiger partial charge < -0.3 is 14.3 Å². The predicted octanol–water partition coefficient (Wildman–Crippen LogP) is 3.82. The van der Waals surface area contributed by atoms with Crippen molar-refractivity contribution in [1.29, 1.82) is 0 Å². The Morgan fingerprint density at radius 2 is 2.24 bits per heavy atom. The lowest BCUT2D eigenvalue weighted by molar-refractivity contribution is 0.387. The Balaban J connectivity index is 2.76. The first kappa shape index (κ1) is 12.1. The summed E-state index contributed by atoms with van der Waals surface area (Å²) >= 11 is 5.26. The summed E-state index contributed by atoms with van der Waals surface area (Å²) < 4.78 is 21.2. The Morgan fingerprint density at radius 1 is 1.53 bits per heavy atom. The molecule has 1 unspecified atom stereocenters. The predicted molar refractivity (Wildman–Crippen MR) is 68.6 cm³/mol. The average molecular weight is 254 g/mol. The van der Waals surface area contributed by atoms with E-state index in [0.29, 0.717) is 10.3 Å². The minimum absolute atomic E-state index is 0.239. The molecule has 0 saturated heterocycles. The number of rotatable bonds is 3. The maximum absolute atomic E-state index is 13.6. The van der Waals surface area contributed by atoms with Gasteiger partial charge in [-0.3, -0.25) is 0 Å². The normalized spacial score (nSPS) is 12.9. The van der Waals surface area contributed by atoms with Crippen molar-refractivity contribution in [2.45, 2.75) is 26.3 Å². The summed E-state index contributed by atoms with van der Waals surface area (Å²) in [7, 11) is 1.46. The molecule has 0 aliphatic heterocycles. The minimum atomic E-state index is -0.382. The van der Waals surface area contributed by atoms with Crippen molar-refractivity contribution in [2.24, 2.45) is 0 Å². The largest absolute Gasteiger partial charge is 0.494 e. The van der Waals surface area contributed by atoms with E-state index in [0.717, 1.165) is 11.9 Å². The van der Waals surface area contributed by atoms with Gasteiger partial charge in [0.15, 0.2) is 16.3 Å². The van der Waals surface area contributed by atoms with E-state index in [2.05, 4.69) is 18.8 Å². The van der Waals surface area contributed by atoms with Gasteiger partial charge in [0.05, 0.1) is 18.1 Å². The summed E-state index contributed by atoms with van der Waals surface area (Å²) in [6.45, 7) is 4.17. The monoisotopic (exact) mass is 254 g/mol. The summed E-state index contributed by atoms with van der Waals surface area (Å²) in [5, 5.41) is 0. The number of benzene rings is 1. The number of nitrogens with one attached hydrogen (secondary N) is 1. The maximum Gasteiger partial charge on any atom is 0.178 e. The molecule has 92 valence electrons. The second kappa shape index (κ2) is 4.49. The molecule has 0 amide bonds. The Labute approximate surface area is 104 Å². The van der Waals surface area contributed by atoms with Crippen LogP contribution in [-0.2, 0) is 0 Å². The van der Waals surface area contributed by atoms with Crippen LogP contribution in [0.3, 0.4) is 0 Å². The Hall–Kier alpha value is -1.36. The topological polar surface area (TPSA) is 29.9 Å². The van der Waals surface area contributed by atoms with Gasteiger partial charge >= 0.3 is 0 Å². The van der Waals surface area contributed by atoms with Gasteiger partial charge in [-0.05, 0) is 25.6 Å². The molecule has 0 aliphatic carbocycles. The fourth-order valence-electron chi connectivity index (χ4n) is 1.90. The van der Waals surface area contributed by atoms with Crippen molar-refractivity contribution in [3.63, 3.8) is 0 Å². The van der Waals surface area contributed by atoms with Gasteiger partial charge in [0.1, 0.15) is 0 Å². The highest BCUT2D eigenvalue weighted by Gasteiger charge is 2.13. The number of halogens is 1. The van der Waals surface area contributed by atoms with Crippen LogP contribution in [0.5, 0.6) is 5.75 Å². The number of aromatic amines is 1. The fraction of sp³-hybridized carbons (Fsp3) is 0.417. The first-order chi connectivity index (χ1) is 8.08. The number of ether oxygens (including phenoxy) is 1. The van der Waals surface area contributed by atoms with E-state index in [4.69, 9.17) is 17.0 Å². The second-order valence-electron chi connectivity index (χ2n) is 4.06. The lowest BCUT2D eigenvalue weighted by Gasteiger charge is -2.12. The molecule has 0 radical (unpaired) electrons. The van der Waals surface area contributed by atoms with Crippen molar-refractivity contribution in [1.82, 2.24) is 9.55 Å². The Kier molecular flexibility index (Phi) is 3.19. The van der Waals surface area contributed by atoms with Crippen LogP contribution in [-0.4, -0.2) is 16.7 Å². The van der Waals surface area contributed by atoms with E-state index in [1.165, 1.54) is 13.2 Å². The zero-order valence-corrected chi connectivity index (χ0v) is 10.9. The quantitative estimate of drug-likeness (QED) is 0.844. The number of hydrogen-bond donors (Lipinski definition) is 1. The van der Waals surface area contributed by atoms with Crippen molar-refractivity contribution in [2.75, 3.05) is 7.11 Å². The number of hydrogen-bond acceptors (Lipinski definition) is 2. The number of nitrogens with zero attached hydrogens (tertiary/aromatic N) is 1. The zero-order chi connectivity index (χ0) is 12.6. The van der Waals surface area contributed by atoms with Crippen molar-refractivity contribution >= 4 is 23.3 Å². The third-order valence-electron chi connectivity index (χ3n) is 3.02. The van der Waals surface area contributed by atoms with Gasteiger partial charge in [-0.25, -0.2) is 4.39 Å². The van der Waals surface area contributed by atoms with E-state index in [9.17, 15) is 4.39 Å². The Bertz CT molecular complexity index is 602. The number of imidazole rings is 1. The SMILES string of the molecule is CCC(C)n1c(=S)[nH]c2cc(F)c(OC)cc21. The van der Waals surface area contributed by atoms with Crippen LogP contribution in [0.2, 0.25) is 0 Å². The van der Waals surface area contributed by atoms with Gasteiger partial charge in [0.25, 0.3) is 0 Å². The van der Waals surface area contributed by atoms with E-state index in [1.54, 1.807) is 6.07 Å². The molecular formula is C12H15FN2OS. The molecule has 1 N–H and O–H groups in total. The van der Waals surface area contributed by atoms with Crippen LogP contribution >= 0.6 is 12.2 Å². The smallest absolute Gasteiger partial charge is 0.178 e. The van der Waals surface area contributed by atoms with Crippen LogP contribution in [0.15, 0.2) is 12.1 Å². The molecule has 2 rings (SSSR count). The molecule has 1 aromatic carbocycles. The van der Waals surface area contributed by atoms with Gasteiger partial charge in [0.2, 0.25) is 0 Å². The molecule has 0 spiro atoms. The molecule has 1 heterocycles. The molecule has 1 atom stereocenters. The summed E-state index contributed by atoms with van der Waals surface area (Å²) in [4.78, 5) is 3.02. The standard InChI is InChI=1S/C12H15FN2OS/c1-4-7(2)15-10-6-11(16-3)8(13)5-9(10)14-12(15)17/h5-7H,4H2,1-3H3,(H,14,17). The molecule has 1 aromatic heterocycles. The van der Waals surface area contributed by atoms with Gasteiger partial charge in [-0.15, -0.1) is 0 Å². The number of methoxy groups -OCH3 is 1. The van der Waals surface area contributed by atoms with Crippen LogP contribution in [0.1, 0.15) is 26.3 Å². The van der Waals surface area contributed by atoms with Gasteiger partial charge in [0, 0.05) is 18.2 Å². The minimum Gasteiger partial charge on any atom is -0.494 e. The van der Waals surface area contributed by atoms with Crippen LogP contribution in [0.25, 0.3) is 11.0 Å². The highest BCUT2D eigenvalue weighted by Crippen LogP contribution is 2.27. The molecular weight excluding hydrogens is 239 g/mol. The van der Waals surface area contributed by atoms with Crippen LogP contribution in [0, 0.1) is 10.6 Å². The molecule has 2 aromatic rings. The van der Waals surface area contributed by atoms with Gasteiger partial charge in [-0.2, -0.15) is 0 Å². The lowest BCUT2D eigenvalue weighted by atomic mass is 10.2. The molecule has 5 heteroatoms. The third-order valence-corrected chi connectivity index (χ3v) is 3.32. The first-order valence-electron chi connectivity index (χ1n) is 5.56. The highest BCUT2D eigenvalue weighted by molar-refractivity contribution is 7.71. The molecule has 0 fully saturated rings. The number of aromatic nitrogens is 2. The third kappa shape index (κ3) is 1.95. The summed E-state index contributed by atoms with van der Waals surface area (Å²) in [5.41, 5.74) is 1.58. The maximum atomic E-state index is 13.6. The summed E-state index contributed by atoms with van der Waals surface area (Å²) in [5.74, 6) is -0.142. The summed E-state index contributed by atoms with van der Waals surface area (Å²) in [6, 6.07) is 3.37. The van der Waals surface area contributed by atoms with Crippen LogP contribution in [0.4, 0.5) is 4.39 Å². The van der Waals surface area contributed by atoms with E-state index in [1.807, 2.05) is 4.57 Å². The molecule has 0 bridgehead atoms. The van der Waals surface area contributed by atoms with E-state index >= 15 is 0 Å². The van der Waals surface area contributed by atoms with Crippen molar-refractivity contribution in [3.05, 3.63) is 22.7 Å². The van der Waals surface area contributed by atoms with Crippen molar-refractivity contribution in [3.8, 4) is 5.75 Å². The zero-order valence-electron chi connectivity index (χ0n) is 10.1. The second-order valence-corrected chi connectivity index (χ2v) is 4.45. The fourth-order valence-corrected chi connectivity index (χ4v) is 2.29. The average Bonchev–Trinajstić information content (AvgIpc) is 2.62. The molecule has 3 nitrogen and oxygen atoms in total. The molecule has 17 heavy (non-hydrogen) atoms. The van der Waals surface area contributed by atoms with Gasteiger partial charge in [-0.1, -0.05) is 6.92 Å². The van der Waals surface area contributed by atoms with E-state index < -0.39 is 0 Å².